The van der Waals surface area contributed by atoms with Gasteiger partial charge >= 0.3 is 0 Å². The quantitative estimate of drug-likeness (QED) is 0.0455. The van der Waals surface area contributed by atoms with E-state index < -0.39 is 114 Å². The van der Waals surface area contributed by atoms with Gasteiger partial charge in [-0.15, -0.1) is 20.4 Å². The number of aromatic nitrogens is 13. The minimum Gasteiger partial charge on any atom is -0.497 e. The van der Waals surface area contributed by atoms with Crippen LogP contribution in [-0.4, -0.2) is 144 Å². The minimum atomic E-state index is -3.88. The Bertz CT molecular complexity index is 6120. The van der Waals surface area contributed by atoms with Crippen LogP contribution in [0.5, 0.6) is 23.0 Å². The van der Waals surface area contributed by atoms with Crippen LogP contribution in [0.25, 0.3) is 67.8 Å². The van der Waals surface area contributed by atoms with Gasteiger partial charge < -0.3 is 18.9 Å². The number of halogens is 8. The van der Waals surface area contributed by atoms with Gasteiger partial charge in [0.25, 0.3) is 0 Å². The molecule has 0 aliphatic heterocycles. The van der Waals surface area contributed by atoms with Gasteiger partial charge in [0.05, 0.1) is 102 Å². The van der Waals surface area contributed by atoms with Crippen molar-refractivity contribution in [3.05, 3.63) is 262 Å². The van der Waals surface area contributed by atoms with Crippen molar-refractivity contribution in [3.63, 3.8) is 0 Å². The van der Waals surface area contributed by atoms with Crippen molar-refractivity contribution in [3.8, 4) is 90.8 Å². The Morgan fingerprint density at radius 1 is 0.409 bits per heavy atom. The van der Waals surface area contributed by atoms with Gasteiger partial charge in [-0.3, -0.25) is 4.98 Å². The molecule has 0 aliphatic rings. The second-order valence-electron chi connectivity index (χ2n) is 25.5. The summed E-state index contributed by atoms with van der Waals surface area (Å²) in [4.78, 5) is 3.72. The summed E-state index contributed by atoms with van der Waals surface area (Å²) in [6.07, 6.45) is 9.60. The van der Waals surface area contributed by atoms with Crippen molar-refractivity contribution in [2.24, 2.45) is 0 Å². The molecule has 5 heterocycles. The van der Waals surface area contributed by atoms with Crippen molar-refractivity contribution < 1.29 is 79.0 Å². The van der Waals surface area contributed by atoms with Crippen molar-refractivity contribution >= 4 is 62.6 Å². The summed E-state index contributed by atoms with van der Waals surface area (Å²) < 4.78 is 212. The molecule has 37 heteroatoms. The predicted molar refractivity (Wildman–Crippen MR) is 422 cm³/mol. The van der Waals surface area contributed by atoms with Gasteiger partial charge in [0.15, 0.2) is 74.3 Å². The van der Waals surface area contributed by atoms with E-state index in [-0.39, 0.29) is 60.1 Å². The summed E-state index contributed by atoms with van der Waals surface area (Å²) in [7, 11) is -8.08. The Morgan fingerprint density at radius 3 is 1.09 bits per heavy atom. The molecule has 0 unspecified atom stereocenters. The van der Waals surface area contributed by atoms with E-state index in [0.29, 0.717) is 69.7 Å². The number of hydrogen-bond acceptors (Lipinski definition) is 21. The fourth-order valence-corrected chi connectivity index (χ4v) is 16.2. The van der Waals surface area contributed by atoms with E-state index in [1.54, 1.807) is 113 Å². The largest absolute Gasteiger partial charge is 0.497 e. The minimum absolute atomic E-state index is 0.0338. The number of hydrogen-bond donors (Lipinski definition) is 0. The molecule has 115 heavy (non-hydrogen) atoms. The van der Waals surface area contributed by atoms with Crippen LogP contribution in [0, 0.1) is 34.9 Å². The van der Waals surface area contributed by atoms with Crippen LogP contribution < -0.4 is 18.9 Å². The van der Waals surface area contributed by atoms with Crippen molar-refractivity contribution in [2.75, 3.05) is 39.9 Å². The van der Waals surface area contributed by atoms with Gasteiger partial charge in [-0.05, 0) is 105 Å². The third-order valence-corrected chi connectivity index (χ3v) is 25.1. The monoisotopic (exact) mass is 1700 g/mol. The summed E-state index contributed by atoms with van der Waals surface area (Å²) >= 11 is 12.3. The first kappa shape index (κ1) is 86.0. The van der Waals surface area contributed by atoms with Crippen LogP contribution in [0.2, 0.25) is 10.0 Å². The van der Waals surface area contributed by atoms with Gasteiger partial charge in [-0.25, -0.2) is 78.7 Å². The highest BCUT2D eigenvalue weighted by Gasteiger charge is 2.28. The first-order chi connectivity index (χ1) is 54.8. The van der Waals surface area contributed by atoms with E-state index in [2.05, 4.69) is 46.2 Å². The molecule has 0 saturated heterocycles. The molecule has 602 valence electrons. The molecule has 0 fully saturated rings. The molecule has 13 aromatic rings. The van der Waals surface area contributed by atoms with Crippen LogP contribution in [0.4, 0.5) is 26.3 Å². The van der Waals surface area contributed by atoms with E-state index in [9.17, 15) is 51.2 Å². The maximum Gasteiger partial charge on any atom is 0.184 e. The second kappa shape index (κ2) is 37.7. The molecule has 0 aliphatic carbocycles. The lowest BCUT2D eigenvalue weighted by atomic mass is 10.1. The zero-order chi connectivity index (χ0) is 83.1. The molecular weight excluding hydrogens is 1620 g/mol. The van der Waals surface area contributed by atoms with Gasteiger partial charge in [-0.1, -0.05) is 137 Å². The number of benzene rings is 8. The second-order valence-corrected chi connectivity index (χ2v) is 35.4. The number of unbranched alkanes of at least 4 members (excludes halogenated alkanes) is 1. The molecule has 0 N–H and O–H groups in total. The fraction of sp³-hybridized carbons (Fsp3) is 0.218. The van der Waals surface area contributed by atoms with E-state index in [4.69, 9.17) is 42.1 Å². The Kier molecular flexibility index (Phi) is 28.2. The number of methoxy groups -OCH3 is 4. The molecule has 25 nitrogen and oxygen atoms in total. The molecule has 5 aromatic heterocycles. The van der Waals surface area contributed by atoms with Gasteiger partial charge in [0.2, 0.25) is 0 Å². The van der Waals surface area contributed by atoms with Gasteiger partial charge in [0, 0.05) is 62.7 Å². The Hall–Kier alpha value is -11.4. The average molecular weight is 1700 g/mol. The molecule has 0 atom stereocenters. The van der Waals surface area contributed by atoms with Crippen LogP contribution in [0.1, 0.15) is 62.8 Å². The highest BCUT2D eigenvalue weighted by atomic mass is 35.5. The summed E-state index contributed by atoms with van der Waals surface area (Å²) in [5, 5.41) is 31.2. The summed E-state index contributed by atoms with van der Waals surface area (Å²) in [6, 6.07) is 41.1. The van der Waals surface area contributed by atoms with E-state index in [1.807, 2.05) is 19.1 Å². The third-order valence-electron chi connectivity index (χ3n) is 17.4. The van der Waals surface area contributed by atoms with Crippen molar-refractivity contribution in [1.29, 1.82) is 0 Å². The van der Waals surface area contributed by atoms with E-state index in [1.165, 1.54) is 104 Å². The standard InChI is InChI=1S/C21H16F2N4O3S.C20H21F2N3O3S.C19H19ClFN3O3S.C18H17ClFN3O3S/c1-30-16-5-2-4-14(10-16)19-12-27(26-25-19)21-18(22)8-7-15(20(21)23)13-31(28,29)17-6-3-9-24-11-17;1-3-4-10-29(26,27)13-15-8-9-17(21)20(19(15)22)25-12-18(23-24-25)14-6-5-7-16(11-14)28-2;1-12(2)28(25,26)11-14-7-8-16(20)19(18(14)21)24-10-17(22-23-24)13-5-4-6-15(9-13)27-3;1-3-27(24,25)11-13-7-8-15(19)18(17(13)20)23-10-16(21-22-23)12-5-4-6-14(9-12)26-2/h2-12H,13H2,1H3;5-9,11-12H,3-4,10,13H2,1-2H3;4-10,12H,11H2,1-3H3;4-10H,3,11H2,1-2H3. The first-order valence-electron chi connectivity index (χ1n) is 34.7. The molecule has 0 bridgehead atoms. The smallest absolute Gasteiger partial charge is 0.184 e. The Labute approximate surface area is 668 Å². The molecule has 13 rings (SSSR count). The van der Waals surface area contributed by atoms with Crippen LogP contribution in [-0.2, 0) is 62.4 Å². The lowest BCUT2D eigenvalue weighted by molar-refractivity contribution is 0.415. The van der Waals surface area contributed by atoms with Crippen LogP contribution in [0.3, 0.4) is 0 Å². The van der Waals surface area contributed by atoms with Crippen molar-refractivity contribution in [1.82, 2.24) is 65.0 Å². The topological polar surface area (TPSA) is 309 Å². The lowest BCUT2D eigenvalue weighted by Gasteiger charge is -2.12. The van der Waals surface area contributed by atoms with Crippen molar-refractivity contribution in [2.45, 2.75) is 73.7 Å². The maximum absolute atomic E-state index is 15.2. The Balaban J connectivity index is 0.000000162. The normalized spacial score (nSPS) is 11.6. The number of pyridine rings is 1. The van der Waals surface area contributed by atoms with Crippen LogP contribution >= 0.6 is 23.2 Å². The molecule has 0 amide bonds. The average Bonchev–Trinajstić information content (AvgIpc) is 1.77. The maximum atomic E-state index is 15.2. The fourth-order valence-electron chi connectivity index (χ4n) is 11.0. The predicted octanol–water partition coefficient (Wildman–Crippen LogP) is 15.3. The molecule has 8 aromatic carbocycles. The molecule has 0 spiro atoms. The molecule has 0 radical (unpaired) electrons. The van der Waals surface area contributed by atoms with Gasteiger partial charge in [0.1, 0.15) is 68.5 Å². The Morgan fingerprint density at radius 2 is 0.748 bits per heavy atom. The zero-order valence-electron chi connectivity index (χ0n) is 62.6. The third kappa shape index (κ3) is 21.4. The molecular formula is C78H73Cl2F6N13O12S4. The van der Waals surface area contributed by atoms with E-state index in [0.717, 1.165) is 44.8 Å². The number of nitrogens with zero attached hydrogens (tertiary/aromatic N) is 13. The number of ether oxygens (including phenoxy) is 4. The SMILES string of the molecule is CCCCS(=O)(=O)Cc1ccc(F)c(-n2cc(-c3cccc(OC)c3)nn2)c1F.CCS(=O)(=O)Cc1ccc(Cl)c(-n2cc(-c3cccc(OC)c3)nn2)c1F.COc1cccc(-c2cn(-c3c(Cl)ccc(CS(=O)(=O)C(C)C)c3F)nn2)c1.COc1cccc(-c2cn(-c3c(F)ccc(CS(=O)(=O)c4cccnc4)c3F)nn2)c1. The van der Waals surface area contributed by atoms with Crippen LogP contribution in [0.15, 0.2) is 200 Å². The highest BCUT2D eigenvalue weighted by molar-refractivity contribution is 7.91. The summed E-state index contributed by atoms with van der Waals surface area (Å²) in [6.45, 7) is 6.50. The summed E-state index contributed by atoms with van der Waals surface area (Å²) in [5.41, 5.74) is 3.24. The lowest BCUT2D eigenvalue weighted by Crippen LogP contribution is -2.17. The molecule has 0 saturated carbocycles. The number of rotatable bonds is 26. The summed E-state index contributed by atoms with van der Waals surface area (Å²) in [5.74, 6) is -4.83. The van der Waals surface area contributed by atoms with E-state index >= 15 is 8.78 Å². The first-order valence-corrected chi connectivity index (χ1v) is 42.5. The highest BCUT2D eigenvalue weighted by Crippen LogP contribution is 2.34. The van der Waals surface area contributed by atoms with Gasteiger partial charge in [-0.2, -0.15) is 0 Å². The number of sulfone groups is 4. The zero-order valence-corrected chi connectivity index (χ0v) is 67.4.